The maximum atomic E-state index is 14.2. The van der Waals surface area contributed by atoms with Gasteiger partial charge in [0.15, 0.2) is 0 Å². The Kier molecular flexibility index (Phi) is 8.39. The van der Waals surface area contributed by atoms with Gasteiger partial charge in [0, 0.05) is 56.0 Å². The van der Waals surface area contributed by atoms with Crippen LogP contribution in [0.15, 0.2) is 47.7 Å². The number of nitrogens with two attached hydrogens (primary N) is 1. The molecule has 2 spiro atoms. The molecule has 3 aliphatic heterocycles. The van der Waals surface area contributed by atoms with Gasteiger partial charge in [0.1, 0.15) is 18.2 Å². The second-order valence-corrected chi connectivity index (χ2v) is 13.8. The van der Waals surface area contributed by atoms with E-state index in [4.69, 9.17) is 20.2 Å². The number of likely N-dealkylation sites (tertiary alicyclic amines) is 1. The molecule has 2 N–H and O–H groups in total. The summed E-state index contributed by atoms with van der Waals surface area (Å²) in [5, 5.41) is 0. The van der Waals surface area contributed by atoms with Gasteiger partial charge in [-0.1, -0.05) is 36.8 Å². The van der Waals surface area contributed by atoms with E-state index in [9.17, 15) is 9.59 Å². The van der Waals surface area contributed by atoms with Gasteiger partial charge in [-0.15, -0.1) is 0 Å². The van der Waals surface area contributed by atoms with E-state index in [-0.39, 0.29) is 22.9 Å². The summed E-state index contributed by atoms with van der Waals surface area (Å²) < 4.78 is 12.1. The van der Waals surface area contributed by atoms with Gasteiger partial charge < -0.3 is 25.0 Å². The van der Waals surface area contributed by atoms with Crippen LogP contribution >= 0.6 is 0 Å². The Balaban J connectivity index is 1.18. The Labute approximate surface area is 266 Å². The summed E-state index contributed by atoms with van der Waals surface area (Å²) in [5.74, 6) is 1.10. The normalized spacial score (nSPS) is 27.3. The monoisotopic (exact) mass is 614 g/mol. The molecule has 0 amide bonds. The van der Waals surface area contributed by atoms with E-state index in [1.807, 2.05) is 12.1 Å². The molecular formula is C35H46N6O4. The number of nitrogens with zero attached hydrogens (tertiary/aromatic N) is 5. The van der Waals surface area contributed by atoms with Crippen LogP contribution in [0, 0.1) is 5.41 Å². The first kappa shape index (κ1) is 30.3. The molecule has 1 saturated carbocycles. The van der Waals surface area contributed by atoms with Gasteiger partial charge >= 0.3 is 0 Å². The van der Waals surface area contributed by atoms with E-state index >= 15 is 0 Å². The average molecular weight is 615 g/mol. The Hall–Kier alpha value is -3.34. The second kappa shape index (κ2) is 12.5. The second-order valence-electron chi connectivity index (χ2n) is 13.8. The van der Waals surface area contributed by atoms with E-state index in [0.717, 1.165) is 77.7 Å². The molecule has 0 bridgehead atoms. The summed E-state index contributed by atoms with van der Waals surface area (Å²) in [4.78, 5) is 44.0. The van der Waals surface area contributed by atoms with Crippen LogP contribution in [-0.4, -0.2) is 96.0 Å². The first-order valence-corrected chi connectivity index (χ1v) is 16.8. The fourth-order valence-electron chi connectivity index (χ4n) is 8.13. The van der Waals surface area contributed by atoms with Crippen molar-refractivity contribution in [2.24, 2.45) is 11.1 Å². The third kappa shape index (κ3) is 5.77. The zero-order valence-corrected chi connectivity index (χ0v) is 26.5. The number of rotatable bonds is 8. The molecule has 1 aromatic carbocycles. The summed E-state index contributed by atoms with van der Waals surface area (Å²) in [6.45, 7) is 6.07. The summed E-state index contributed by atoms with van der Waals surface area (Å²) in [7, 11) is 2.12. The number of hydrogen-bond donors (Lipinski definition) is 1. The first-order valence-electron chi connectivity index (χ1n) is 16.8. The number of anilines is 1. The number of allylic oxidation sites excluding steroid dienone is 2. The molecule has 2 atom stereocenters. The number of Topliss-reactive ketones (excluding diaryl/α,β-unsaturated/α-hetero) is 2. The van der Waals surface area contributed by atoms with Gasteiger partial charge in [0.05, 0.1) is 24.2 Å². The van der Waals surface area contributed by atoms with Gasteiger partial charge in [0.25, 0.3) is 0 Å². The van der Waals surface area contributed by atoms with E-state index in [1.54, 1.807) is 0 Å². The van der Waals surface area contributed by atoms with Gasteiger partial charge in [-0.3, -0.25) is 14.5 Å². The number of aromatic nitrogens is 2. The number of ketones is 2. The lowest BCUT2D eigenvalue weighted by atomic mass is 9.64. The highest BCUT2D eigenvalue weighted by atomic mass is 16.5. The van der Waals surface area contributed by atoms with E-state index in [1.165, 1.54) is 5.56 Å². The molecule has 1 aromatic heterocycles. The van der Waals surface area contributed by atoms with Crippen molar-refractivity contribution in [2.75, 3.05) is 57.9 Å². The summed E-state index contributed by atoms with van der Waals surface area (Å²) in [5.41, 5.74) is 8.16. The van der Waals surface area contributed by atoms with Crippen molar-refractivity contribution in [3.8, 4) is 5.88 Å². The lowest BCUT2D eigenvalue weighted by molar-refractivity contribution is -0.146. The summed E-state index contributed by atoms with van der Waals surface area (Å²) in [6, 6.07) is 12.8. The molecule has 45 heavy (non-hydrogen) atoms. The quantitative estimate of drug-likeness (QED) is 0.441. The van der Waals surface area contributed by atoms with Crippen LogP contribution in [0.25, 0.3) is 0 Å². The zero-order chi connectivity index (χ0) is 31.0. The lowest BCUT2D eigenvalue weighted by Crippen LogP contribution is -2.71. The predicted octanol–water partition coefficient (Wildman–Crippen LogP) is 3.75. The minimum Gasteiger partial charge on any atom is -0.476 e. The van der Waals surface area contributed by atoms with Gasteiger partial charge in [0.2, 0.25) is 17.5 Å². The summed E-state index contributed by atoms with van der Waals surface area (Å²) in [6.07, 6.45) is 7.33. The zero-order valence-electron chi connectivity index (χ0n) is 26.5. The molecule has 240 valence electrons. The van der Waals surface area contributed by atoms with Crippen molar-refractivity contribution in [3.63, 3.8) is 0 Å². The summed E-state index contributed by atoms with van der Waals surface area (Å²) >= 11 is 0. The Morgan fingerprint density at radius 1 is 1.04 bits per heavy atom. The molecule has 5 aliphatic rings. The topological polar surface area (TPSA) is 114 Å². The molecule has 3 saturated heterocycles. The van der Waals surface area contributed by atoms with Crippen LogP contribution in [-0.2, 0) is 16.1 Å². The predicted molar refractivity (Wildman–Crippen MR) is 171 cm³/mol. The third-order valence-corrected chi connectivity index (χ3v) is 11.0. The highest BCUT2D eigenvalue weighted by molar-refractivity contribution is 6.08. The Morgan fingerprint density at radius 2 is 1.87 bits per heavy atom. The number of piperazine rings is 1. The molecule has 4 fully saturated rings. The van der Waals surface area contributed by atoms with Gasteiger partial charge in [-0.2, -0.15) is 4.98 Å². The number of ether oxygens (including phenoxy) is 2. The maximum Gasteiger partial charge on any atom is 0.228 e. The number of carbonyl (C=O) groups is 2. The van der Waals surface area contributed by atoms with Crippen LogP contribution in [0.4, 0.5) is 5.82 Å². The third-order valence-electron chi connectivity index (χ3n) is 11.0. The minimum absolute atomic E-state index is 0.103. The first-order chi connectivity index (χ1) is 21.9. The van der Waals surface area contributed by atoms with Gasteiger partial charge in [-0.25, -0.2) is 4.98 Å². The van der Waals surface area contributed by atoms with Gasteiger partial charge in [-0.05, 0) is 64.1 Å². The minimum atomic E-state index is -0.711. The number of likely N-dealkylation sites (N-methyl/N-ethyl adjacent to an activating group) is 1. The molecule has 10 nitrogen and oxygen atoms in total. The van der Waals surface area contributed by atoms with Crippen LogP contribution in [0.3, 0.4) is 0 Å². The average Bonchev–Trinajstić information content (AvgIpc) is 3.46. The number of hydrogen-bond acceptors (Lipinski definition) is 10. The molecule has 10 heteroatoms. The number of carbonyl (C=O) groups excluding carboxylic acids is 2. The van der Waals surface area contributed by atoms with Crippen molar-refractivity contribution >= 4 is 17.4 Å². The van der Waals surface area contributed by atoms with Crippen LogP contribution < -0.4 is 15.4 Å². The fourth-order valence-corrected chi connectivity index (χ4v) is 8.13. The highest BCUT2D eigenvalue weighted by Crippen LogP contribution is 2.47. The Morgan fingerprint density at radius 3 is 2.60 bits per heavy atom. The fraction of sp³-hybridized carbons (Fsp3) is 0.600. The van der Waals surface area contributed by atoms with Crippen molar-refractivity contribution < 1.29 is 19.1 Å². The molecule has 4 heterocycles. The van der Waals surface area contributed by atoms with Crippen LogP contribution in [0.5, 0.6) is 5.88 Å². The molecule has 0 unspecified atom stereocenters. The molecule has 2 aromatic rings. The van der Waals surface area contributed by atoms with Crippen molar-refractivity contribution in [2.45, 2.75) is 75.9 Å². The highest BCUT2D eigenvalue weighted by Gasteiger charge is 2.49. The SMILES string of the molecule is CN1CCC[C@H]1COc1cc(N2CCN(Cc3ccccc3)C3(COC3)C2)nc(C(=O)C2=C(N)[C@]3(CCCCC3=O)CCC2)n1. The van der Waals surface area contributed by atoms with E-state index in [0.29, 0.717) is 61.7 Å². The standard InChI is InChI=1S/C35H46N6O4/c1-39-16-8-11-26(39)21-45-30-19-29(40-17-18-41(34(22-40)23-44-24-34)20-25-9-3-2-4-10-25)37-33(38-30)31(43)27-12-7-15-35(32(27)36)14-6-5-13-28(35)42/h2-4,9-10,19,26H,5-8,11-18,20-24,36H2,1H3/t26-,35+/m0/s1. The Bertz CT molecular complexity index is 1460. The maximum absolute atomic E-state index is 14.2. The molecular weight excluding hydrogens is 568 g/mol. The smallest absolute Gasteiger partial charge is 0.228 e. The molecule has 7 rings (SSSR count). The van der Waals surface area contributed by atoms with Crippen LogP contribution in [0.2, 0.25) is 0 Å². The number of benzene rings is 1. The largest absolute Gasteiger partial charge is 0.476 e. The van der Waals surface area contributed by atoms with Crippen LogP contribution in [0.1, 0.15) is 74.0 Å². The van der Waals surface area contributed by atoms with E-state index < -0.39 is 5.41 Å². The molecule has 2 aliphatic carbocycles. The van der Waals surface area contributed by atoms with Crippen molar-refractivity contribution in [3.05, 3.63) is 59.1 Å². The lowest BCUT2D eigenvalue weighted by Gasteiger charge is -2.55. The van der Waals surface area contributed by atoms with Crippen molar-refractivity contribution in [1.82, 2.24) is 19.8 Å². The van der Waals surface area contributed by atoms with E-state index in [2.05, 4.69) is 51.0 Å². The van der Waals surface area contributed by atoms with Crippen molar-refractivity contribution in [1.29, 1.82) is 0 Å². The molecule has 0 radical (unpaired) electrons.